The highest BCUT2D eigenvalue weighted by atomic mass is 32.1. The first-order valence-corrected chi connectivity index (χ1v) is 9.33. The smallest absolute Gasteiger partial charge is 0.435 e. The van der Waals surface area contributed by atoms with Crippen LogP contribution in [0.2, 0.25) is 0 Å². The number of benzene rings is 2. The molecule has 3 rings (SSSR count). The van der Waals surface area contributed by atoms with Gasteiger partial charge in [0.1, 0.15) is 4.88 Å². The van der Waals surface area contributed by atoms with E-state index in [4.69, 9.17) is 4.74 Å². The highest BCUT2D eigenvalue weighted by Gasteiger charge is 2.40. The van der Waals surface area contributed by atoms with Crippen LogP contribution in [-0.2, 0) is 10.9 Å². The first-order valence-electron chi connectivity index (χ1n) is 8.51. The number of anilines is 1. The molecule has 3 aromatic rings. The molecule has 0 radical (unpaired) electrons. The average molecular weight is 406 g/mol. The van der Waals surface area contributed by atoms with Crippen LogP contribution in [0.1, 0.15) is 39.5 Å². The molecule has 0 aliphatic carbocycles. The molecular weight excluding hydrogens is 389 g/mol. The fourth-order valence-electron chi connectivity index (χ4n) is 2.68. The van der Waals surface area contributed by atoms with Crippen molar-refractivity contribution in [1.82, 2.24) is 4.98 Å². The number of carbonyl (C=O) groups excluding carboxylic acids is 1. The zero-order valence-electron chi connectivity index (χ0n) is 14.9. The number of ether oxygens (including phenoxy) is 1. The lowest BCUT2D eigenvalue weighted by Crippen LogP contribution is -2.14. The minimum atomic E-state index is -4.76. The van der Waals surface area contributed by atoms with E-state index in [-0.39, 0.29) is 11.7 Å². The first-order chi connectivity index (χ1) is 13.4. The van der Waals surface area contributed by atoms with Gasteiger partial charge in [-0.1, -0.05) is 72.0 Å². The predicted octanol–water partition coefficient (Wildman–Crippen LogP) is 5.54. The van der Waals surface area contributed by atoms with Crippen LogP contribution in [0.5, 0.6) is 0 Å². The molecule has 0 bridgehead atoms. The van der Waals surface area contributed by atoms with Crippen molar-refractivity contribution in [3.63, 3.8) is 0 Å². The Morgan fingerprint density at radius 2 is 1.61 bits per heavy atom. The van der Waals surface area contributed by atoms with Gasteiger partial charge in [0.25, 0.3) is 0 Å². The van der Waals surface area contributed by atoms with Crippen molar-refractivity contribution in [3.8, 4) is 0 Å². The summed E-state index contributed by atoms with van der Waals surface area (Å²) in [5.41, 5.74) is 0.476. The van der Waals surface area contributed by atoms with E-state index in [1.165, 1.54) is 6.92 Å². The van der Waals surface area contributed by atoms with Crippen LogP contribution in [0.3, 0.4) is 0 Å². The second-order valence-corrected chi connectivity index (χ2v) is 6.81. The van der Waals surface area contributed by atoms with Crippen LogP contribution >= 0.6 is 11.3 Å². The molecule has 0 aliphatic heterocycles. The number of aromatic nitrogens is 1. The van der Waals surface area contributed by atoms with E-state index >= 15 is 0 Å². The summed E-state index contributed by atoms with van der Waals surface area (Å²) in [6.45, 7) is 1.51. The van der Waals surface area contributed by atoms with Gasteiger partial charge in [0.05, 0.1) is 12.6 Å². The van der Waals surface area contributed by atoms with E-state index < -0.39 is 28.8 Å². The fourth-order valence-corrected chi connectivity index (χ4v) is 3.59. The van der Waals surface area contributed by atoms with Gasteiger partial charge in [-0.05, 0) is 18.1 Å². The van der Waals surface area contributed by atoms with Crippen LogP contribution in [0.15, 0.2) is 60.7 Å². The summed E-state index contributed by atoms with van der Waals surface area (Å²) in [7, 11) is 0. The lowest BCUT2D eigenvalue weighted by Gasteiger charge is -2.19. The molecule has 0 atom stereocenters. The summed E-state index contributed by atoms with van der Waals surface area (Å²) in [4.78, 5) is 15.1. The number of nitrogens with one attached hydrogen (secondary N) is 1. The van der Waals surface area contributed by atoms with Gasteiger partial charge in [0, 0.05) is 0 Å². The lowest BCUT2D eigenvalue weighted by atomic mass is 9.99. The van der Waals surface area contributed by atoms with E-state index in [2.05, 4.69) is 10.3 Å². The standard InChI is InChI=1S/C20H17F3N2O2S/c1-2-27-18(26)16-17(20(21,22)23)25-19(28-16)24-15(13-9-5-3-6-10-13)14-11-7-4-8-12-14/h3-12,15H,2H2,1H3,(H,24,25). The highest BCUT2D eigenvalue weighted by Crippen LogP contribution is 2.38. The molecule has 0 fully saturated rings. The largest absolute Gasteiger partial charge is 0.462 e. The van der Waals surface area contributed by atoms with Crippen molar-refractivity contribution in [2.75, 3.05) is 11.9 Å². The minimum Gasteiger partial charge on any atom is -0.462 e. The number of carbonyl (C=O) groups is 1. The van der Waals surface area contributed by atoms with Crippen molar-refractivity contribution in [2.45, 2.75) is 19.1 Å². The minimum absolute atomic E-state index is 0.00640. The number of esters is 1. The number of thiazole rings is 1. The SMILES string of the molecule is CCOC(=O)c1sc(NC(c2ccccc2)c2ccccc2)nc1C(F)(F)F. The fraction of sp³-hybridized carbons (Fsp3) is 0.200. The predicted molar refractivity (Wildman–Crippen MR) is 101 cm³/mol. The van der Waals surface area contributed by atoms with Crippen molar-refractivity contribution < 1.29 is 22.7 Å². The zero-order valence-corrected chi connectivity index (χ0v) is 15.7. The van der Waals surface area contributed by atoms with Gasteiger partial charge in [0.2, 0.25) is 0 Å². The molecule has 0 saturated carbocycles. The molecule has 0 saturated heterocycles. The van der Waals surface area contributed by atoms with Gasteiger partial charge in [-0.3, -0.25) is 0 Å². The van der Waals surface area contributed by atoms with Crippen molar-refractivity contribution in [1.29, 1.82) is 0 Å². The van der Waals surface area contributed by atoms with Crippen molar-refractivity contribution in [2.24, 2.45) is 0 Å². The van der Waals surface area contributed by atoms with Crippen molar-refractivity contribution in [3.05, 3.63) is 82.4 Å². The summed E-state index contributed by atoms with van der Waals surface area (Å²) in [5, 5.41) is 3.03. The number of hydrogen-bond acceptors (Lipinski definition) is 5. The summed E-state index contributed by atoms with van der Waals surface area (Å²) < 4.78 is 44.8. The monoisotopic (exact) mass is 406 g/mol. The van der Waals surface area contributed by atoms with E-state index in [0.717, 1.165) is 11.1 Å². The third-order valence-electron chi connectivity index (χ3n) is 3.89. The summed E-state index contributed by atoms with van der Waals surface area (Å²) in [6.07, 6.45) is -4.76. The average Bonchev–Trinajstić information content (AvgIpc) is 3.12. The molecule has 0 amide bonds. The lowest BCUT2D eigenvalue weighted by molar-refractivity contribution is -0.141. The third kappa shape index (κ3) is 4.51. The maximum atomic E-state index is 13.4. The van der Waals surface area contributed by atoms with Gasteiger partial charge in [-0.2, -0.15) is 13.2 Å². The van der Waals surface area contributed by atoms with Crippen LogP contribution in [0, 0.1) is 0 Å². The van der Waals surface area contributed by atoms with Crippen LogP contribution < -0.4 is 5.32 Å². The van der Waals surface area contributed by atoms with E-state index in [1.54, 1.807) is 0 Å². The summed E-state index contributed by atoms with van der Waals surface area (Å²) >= 11 is 0.635. The molecule has 1 heterocycles. The maximum Gasteiger partial charge on any atom is 0.435 e. The molecule has 28 heavy (non-hydrogen) atoms. The van der Waals surface area contributed by atoms with Crippen molar-refractivity contribution >= 4 is 22.4 Å². The molecule has 146 valence electrons. The quantitative estimate of drug-likeness (QED) is 0.546. The Morgan fingerprint density at radius 3 is 2.07 bits per heavy atom. The highest BCUT2D eigenvalue weighted by molar-refractivity contribution is 7.17. The van der Waals surface area contributed by atoms with E-state index in [1.807, 2.05) is 60.7 Å². The normalized spacial score (nSPS) is 11.5. The molecule has 1 N–H and O–H groups in total. The van der Waals surface area contributed by atoms with Crippen LogP contribution in [0.4, 0.5) is 18.3 Å². The second-order valence-electron chi connectivity index (χ2n) is 5.81. The molecule has 0 unspecified atom stereocenters. The van der Waals surface area contributed by atoms with Gasteiger partial charge < -0.3 is 10.1 Å². The zero-order chi connectivity index (χ0) is 20.1. The van der Waals surface area contributed by atoms with Gasteiger partial charge in [0.15, 0.2) is 10.8 Å². The maximum absolute atomic E-state index is 13.4. The Kier molecular flexibility index (Phi) is 5.99. The van der Waals surface area contributed by atoms with E-state index in [0.29, 0.717) is 11.3 Å². The van der Waals surface area contributed by atoms with E-state index in [9.17, 15) is 18.0 Å². The third-order valence-corrected chi connectivity index (χ3v) is 4.86. The number of halogens is 3. The van der Waals surface area contributed by atoms with Crippen LogP contribution in [0.25, 0.3) is 0 Å². The molecule has 0 aliphatic rings. The second kappa shape index (κ2) is 8.43. The van der Waals surface area contributed by atoms with Gasteiger partial charge >= 0.3 is 12.1 Å². The Hall–Kier alpha value is -2.87. The first kappa shape index (κ1) is 19.9. The molecule has 4 nitrogen and oxygen atoms in total. The van der Waals surface area contributed by atoms with Gasteiger partial charge in [-0.15, -0.1) is 0 Å². The number of hydrogen-bond donors (Lipinski definition) is 1. The molecule has 0 spiro atoms. The summed E-state index contributed by atoms with van der Waals surface area (Å²) in [6, 6.07) is 18.2. The Bertz CT molecular complexity index is 888. The summed E-state index contributed by atoms with van der Waals surface area (Å²) in [5.74, 6) is -1.03. The Morgan fingerprint density at radius 1 is 1.07 bits per heavy atom. The number of nitrogens with zero attached hydrogens (tertiary/aromatic N) is 1. The molecule has 2 aromatic carbocycles. The van der Waals surface area contributed by atoms with Crippen LogP contribution in [-0.4, -0.2) is 17.6 Å². The topological polar surface area (TPSA) is 51.2 Å². The molecular formula is C20H17F3N2O2S. The molecule has 8 heteroatoms. The van der Waals surface area contributed by atoms with Gasteiger partial charge in [-0.25, -0.2) is 9.78 Å². The Balaban J connectivity index is 2.00. The molecule has 1 aromatic heterocycles. The Labute approximate surface area is 164 Å². The number of alkyl halides is 3. The number of rotatable bonds is 6.